The number of fused-ring (bicyclic) bond motifs is 4. The highest BCUT2D eigenvalue weighted by atomic mass is 32.2. The molecule has 2 saturated heterocycles. The number of carbonyl (C=O) groups is 1. The lowest BCUT2D eigenvalue weighted by atomic mass is 9.74. The van der Waals surface area contributed by atoms with Crippen LogP contribution in [0.25, 0.3) is 16.3 Å². The summed E-state index contributed by atoms with van der Waals surface area (Å²) in [5.74, 6) is 0.535. The van der Waals surface area contributed by atoms with Crippen LogP contribution in [0.2, 0.25) is 16.6 Å². The maximum atomic E-state index is 18.1. The van der Waals surface area contributed by atoms with Gasteiger partial charge in [-0.05, 0) is 93.1 Å². The van der Waals surface area contributed by atoms with Gasteiger partial charge in [-0.15, -0.1) is 5.54 Å². The highest BCUT2D eigenvalue weighted by Gasteiger charge is 2.53. The van der Waals surface area contributed by atoms with Crippen molar-refractivity contribution in [2.75, 3.05) is 26.8 Å². The molecule has 5 heterocycles. The second-order valence-corrected chi connectivity index (χ2v) is 26.1. The minimum Gasteiger partial charge on any atom is -0.468 e. The summed E-state index contributed by atoms with van der Waals surface area (Å²) in [5.41, 5.74) is 4.31. The van der Waals surface area contributed by atoms with Gasteiger partial charge in [0.2, 0.25) is 0 Å². The van der Waals surface area contributed by atoms with E-state index < -0.39 is 57.7 Å². The largest absolute Gasteiger partial charge is 0.468 e. The van der Waals surface area contributed by atoms with Gasteiger partial charge in [-0.25, -0.2) is 36.4 Å². The summed E-state index contributed by atoms with van der Waals surface area (Å²) in [5, 5.41) is 3.51. The lowest BCUT2D eigenvalue weighted by Gasteiger charge is -2.56. The van der Waals surface area contributed by atoms with Gasteiger partial charge in [-0.3, -0.25) is 9.91 Å². The number of methoxy groups -OCH3 is 1. The van der Waals surface area contributed by atoms with Gasteiger partial charge in [0, 0.05) is 47.6 Å². The van der Waals surface area contributed by atoms with Crippen LogP contribution in [0, 0.1) is 23.2 Å². The molecule has 2 fully saturated rings. The molecular weight excluding hydrogens is 822 g/mol. The van der Waals surface area contributed by atoms with Crippen LogP contribution in [0.4, 0.5) is 18.0 Å². The fraction of sp³-hybridized carbons (Fsp3) is 0.522. The number of sulfone groups is 1. The Morgan fingerprint density at radius 3 is 2.31 bits per heavy atom. The molecule has 15 heteroatoms. The molecule has 8 rings (SSSR count). The first-order valence-electron chi connectivity index (χ1n) is 21.1. The van der Waals surface area contributed by atoms with Crippen LogP contribution in [0.3, 0.4) is 0 Å². The number of nitrogens with zero attached hydrogens (tertiary/aromatic N) is 4. The summed E-state index contributed by atoms with van der Waals surface area (Å²) < 4.78 is 96.6. The van der Waals surface area contributed by atoms with Crippen LogP contribution < -0.4 is 4.74 Å². The van der Waals surface area contributed by atoms with Crippen molar-refractivity contribution in [1.82, 2.24) is 14.9 Å². The zero-order valence-corrected chi connectivity index (χ0v) is 38.8. The molecule has 0 spiro atoms. The topological polar surface area (TPSA) is 101 Å². The fourth-order valence-corrected chi connectivity index (χ4v) is 16.4. The third-order valence-electron chi connectivity index (χ3n) is 12.8. The molecule has 0 radical (unpaired) electrons. The third kappa shape index (κ3) is 7.71. The van der Waals surface area contributed by atoms with Crippen molar-refractivity contribution in [2.45, 2.75) is 123 Å². The number of halogens is 3. The summed E-state index contributed by atoms with van der Waals surface area (Å²) in [6.45, 7) is 18.0. The Kier molecular flexibility index (Phi) is 11.9. The van der Waals surface area contributed by atoms with Gasteiger partial charge >= 0.3 is 6.09 Å². The maximum absolute atomic E-state index is 18.1. The second kappa shape index (κ2) is 16.3. The number of rotatable bonds is 8. The van der Waals surface area contributed by atoms with Gasteiger partial charge in [0.05, 0.1) is 22.9 Å². The van der Waals surface area contributed by atoms with Crippen LogP contribution in [-0.4, -0.2) is 81.8 Å². The van der Waals surface area contributed by atoms with Crippen LogP contribution in [0.1, 0.15) is 106 Å². The number of ether oxygens (including phenoxy) is 3. The van der Waals surface area contributed by atoms with Crippen molar-refractivity contribution in [2.24, 2.45) is 10.9 Å². The van der Waals surface area contributed by atoms with E-state index in [9.17, 15) is 13.2 Å². The number of hydrazine groups is 1. The number of carbonyl (C=O) groups excluding carboxylic acids is 1. The predicted octanol–water partition coefficient (Wildman–Crippen LogP) is 10.6. The molecule has 2 aromatic carbocycles. The minimum absolute atomic E-state index is 0.000581. The Balaban J connectivity index is 1.48. The van der Waals surface area contributed by atoms with E-state index in [2.05, 4.69) is 53.0 Å². The van der Waals surface area contributed by atoms with Gasteiger partial charge in [0.15, 0.2) is 22.5 Å². The number of hydrogen-bond acceptors (Lipinski definition) is 9. The molecule has 0 aromatic heterocycles. The number of hydrogen-bond donors (Lipinski definition) is 0. The molecule has 5 aliphatic heterocycles. The molecule has 61 heavy (non-hydrogen) atoms. The summed E-state index contributed by atoms with van der Waals surface area (Å²) in [4.78, 5) is 19.8. The molecule has 1 aliphatic carbocycles. The molecule has 0 N–H and O–H groups in total. The third-order valence-corrected chi connectivity index (χ3v) is 20.1. The molecule has 2 aromatic rings. The van der Waals surface area contributed by atoms with Crippen molar-refractivity contribution >= 4 is 46.2 Å². The van der Waals surface area contributed by atoms with Crippen molar-refractivity contribution in [3.63, 3.8) is 0 Å². The molecule has 0 saturated carbocycles. The molecule has 10 nitrogen and oxygen atoms in total. The summed E-state index contributed by atoms with van der Waals surface area (Å²) in [6.07, 6.45) is 3.41. The zero-order chi connectivity index (χ0) is 44.5. The van der Waals surface area contributed by atoms with Gasteiger partial charge in [-0.2, -0.15) is 0 Å². The Morgan fingerprint density at radius 1 is 1.00 bits per heavy atom. The van der Waals surface area contributed by atoms with E-state index in [1.54, 1.807) is 36.9 Å². The normalized spacial score (nSPS) is 20.8. The summed E-state index contributed by atoms with van der Waals surface area (Å²) in [7, 11) is -5.25. The number of aliphatic imine (C=N–C) groups is 1. The lowest BCUT2D eigenvalue weighted by Crippen LogP contribution is -2.64. The number of amidine groups is 1. The van der Waals surface area contributed by atoms with E-state index in [1.807, 2.05) is 0 Å². The van der Waals surface area contributed by atoms with Crippen LogP contribution in [-0.2, 0) is 19.3 Å². The maximum Gasteiger partial charge on any atom is 0.429 e. The van der Waals surface area contributed by atoms with Gasteiger partial charge in [-0.1, -0.05) is 53.5 Å². The second-order valence-electron chi connectivity index (χ2n) is 18.6. The fourth-order valence-electron chi connectivity index (χ4n) is 10.4. The quantitative estimate of drug-likeness (QED) is 0.147. The standard InChI is InChI=1S/C46H57F3N4O6SSi/c1-26(2)61(27(3)4,28(5)6)20-19-31-34(47)16-15-29-21-30(58-25-57-10)22-33(40(29)31)41-35(48)23-39(60(11,55)56)52-38(43(41)49)14-12-13-32-36-17-18-37-42(32)44(52)50-24-51(37)53(36)45(54)59-46(7,8)9/h15-16,21-23,26-28,32,36H,12-14,17-18,24-25H2,1-11H3/t32-,36-/m0/s1. The van der Waals surface area contributed by atoms with Crippen molar-refractivity contribution in [1.29, 1.82) is 0 Å². The average molecular weight is 879 g/mol. The average Bonchev–Trinajstić information content (AvgIpc) is 3.26. The summed E-state index contributed by atoms with van der Waals surface area (Å²) >= 11 is 0. The van der Waals surface area contributed by atoms with E-state index in [0.29, 0.717) is 36.6 Å². The van der Waals surface area contributed by atoms with E-state index in [0.717, 1.165) is 18.0 Å². The first-order valence-corrected chi connectivity index (χ1v) is 25.2. The Hall–Kier alpha value is -4.52. The monoisotopic (exact) mass is 878 g/mol. The lowest BCUT2D eigenvalue weighted by molar-refractivity contribution is -0.0952. The van der Waals surface area contributed by atoms with Gasteiger partial charge in [0.25, 0.3) is 0 Å². The number of allylic oxidation sites excluding steroid dienone is 6. The Labute approximate surface area is 359 Å². The minimum atomic E-state index is -4.27. The van der Waals surface area contributed by atoms with E-state index in [-0.39, 0.29) is 82.3 Å². The van der Waals surface area contributed by atoms with Crippen LogP contribution >= 0.6 is 0 Å². The SMILES string of the molecule is COCOc1cc(C2=C(F)C=C(S(C)(=O)=O)N3C4=NCN5C6=C4[C@@H](CCCC3=C2F)[C@H](CC6)N5C(=O)OC(C)(C)C)c2c(C#C[Si](C(C)C)(C(C)C)C(C)C)c(F)ccc2c1. The van der Waals surface area contributed by atoms with Gasteiger partial charge < -0.3 is 14.2 Å². The zero-order valence-electron chi connectivity index (χ0n) is 37.0. The predicted molar refractivity (Wildman–Crippen MR) is 235 cm³/mol. The number of benzene rings is 2. The summed E-state index contributed by atoms with van der Waals surface area (Å²) in [6, 6.07) is 5.59. The first kappa shape index (κ1) is 44.5. The number of amides is 1. The van der Waals surface area contributed by atoms with Crippen molar-refractivity contribution in [3.05, 3.63) is 80.9 Å². The van der Waals surface area contributed by atoms with E-state index >= 15 is 13.2 Å². The van der Waals surface area contributed by atoms with Crippen LogP contribution in [0.15, 0.2) is 69.0 Å². The van der Waals surface area contributed by atoms with Crippen molar-refractivity contribution < 1.29 is 40.6 Å². The molecule has 1 amide bonds. The smallest absolute Gasteiger partial charge is 0.429 e. The molecule has 4 bridgehead atoms. The van der Waals surface area contributed by atoms with E-state index in [4.69, 9.17) is 19.2 Å². The molecule has 328 valence electrons. The molecule has 0 unspecified atom stereocenters. The molecular formula is C46H57F3N4O6SSi. The van der Waals surface area contributed by atoms with Crippen molar-refractivity contribution in [3.8, 4) is 17.2 Å². The first-order chi connectivity index (χ1) is 28.6. The Bertz CT molecular complexity index is 2490. The molecule has 6 aliphatic rings. The Morgan fingerprint density at radius 2 is 1.69 bits per heavy atom. The highest BCUT2D eigenvalue weighted by Crippen LogP contribution is 2.52. The van der Waals surface area contributed by atoms with Crippen LogP contribution in [0.5, 0.6) is 5.75 Å². The molecule has 2 atom stereocenters. The van der Waals surface area contributed by atoms with E-state index in [1.165, 1.54) is 30.2 Å². The highest BCUT2D eigenvalue weighted by molar-refractivity contribution is 7.94. The van der Waals surface area contributed by atoms with Gasteiger partial charge in [0.1, 0.15) is 48.6 Å².